The lowest BCUT2D eigenvalue weighted by molar-refractivity contribution is 1.35. The molecular weight excluding hydrogens is 248 g/mol. The molecule has 0 heterocycles. The third-order valence-corrected chi connectivity index (χ3v) is 2.71. The van der Waals surface area contributed by atoms with Gasteiger partial charge in [0.15, 0.2) is 0 Å². The van der Waals surface area contributed by atoms with Crippen molar-refractivity contribution in [1.82, 2.24) is 0 Å². The molecule has 5 heteroatoms. The summed E-state index contributed by atoms with van der Waals surface area (Å²) < 4.78 is 0. The Morgan fingerprint density at radius 3 is 2.61 bits per heavy atom. The van der Waals surface area contributed by atoms with E-state index in [4.69, 9.17) is 23.1 Å². The fraction of sp³-hybridized carbons (Fsp3) is 0. The van der Waals surface area contributed by atoms with Crippen LogP contribution in [0.25, 0.3) is 0 Å². The average Bonchev–Trinajstić information content (AvgIpc) is 2.34. The van der Waals surface area contributed by atoms with Crippen molar-refractivity contribution < 1.29 is 0 Å². The Labute approximate surface area is 110 Å². The second-order valence-corrected chi connectivity index (χ2v) is 4.15. The van der Waals surface area contributed by atoms with Gasteiger partial charge in [0.25, 0.3) is 0 Å². The first-order valence-electron chi connectivity index (χ1n) is 5.35. The number of nitrogens with two attached hydrogens (primary N) is 2. The molecule has 4 nitrogen and oxygen atoms in total. The number of nitrogen functional groups attached to an aromatic ring is 2. The minimum Gasteiger partial charge on any atom is -0.399 e. The molecule has 2 aromatic carbocycles. The number of nitrogens with one attached hydrogen (secondary N) is 1. The van der Waals surface area contributed by atoms with E-state index in [0.717, 1.165) is 5.56 Å². The van der Waals surface area contributed by atoms with Crippen LogP contribution in [0, 0.1) is 0 Å². The first kappa shape index (κ1) is 12.3. The highest BCUT2D eigenvalue weighted by molar-refractivity contribution is 6.33. The summed E-state index contributed by atoms with van der Waals surface area (Å²) in [6, 6.07) is 12.6. The van der Waals surface area contributed by atoms with E-state index in [-0.39, 0.29) is 0 Å². The van der Waals surface area contributed by atoms with Gasteiger partial charge in [0.1, 0.15) is 0 Å². The van der Waals surface area contributed by atoms with Crippen LogP contribution in [0.3, 0.4) is 0 Å². The molecule has 0 bridgehead atoms. The lowest BCUT2D eigenvalue weighted by Crippen LogP contribution is -1.97. The van der Waals surface area contributed by atoms with Crippen LogP contribution in [0.2, 0.25) is 5.02 Å². The highest BCUT2D eigenvalue weighted by atomic mass is 35.5. The highest BCUT2D eigenvalue weighted by Crippen LogP contribution is 2.21. The summed E-state index contributed by atoms with van der Waals surface area (Å²) in [7, 11) is 0. The average molecular weight is 261 g/mol. The van der Waals surface area contributed by atoms with Gasteiger partial charge in [-0.25, -0.2) is 0 Å². The quantitative estimate of drug-likeness (QED) is 0.451. The highest BCUT2D eigenvalue weighted by Gasteiger charge is 1.98. The topological polar surface area (TPSA) is 76.4 Å². The Morgan fingerprint density at radius 1 is 1.11 bits per heavy atom. The van der Waals surface area contributed by atoms with Crippen molar-refractivity contribution >= 4 is 34.9 Å². The van der Waals surface area contributed by atoms with E-state index in [1.54, 1.807) is 30.5 Å². The first-order chi connectivity index (χ1) is 8.66. The number of hydrogen-bond acceptors (Lipinski definition) is 4. The number of halogens is 1. The van der Waals surface area contributed by atoms with Crippen molar-refractivity contribution in [3.05, 3.63) is 53.1 Å². The van der Waals surface area contributed by atoms with Crippen molar-refractivity contribution in [2.24, 2.45) is 5.10 Å². The van der Waals surface area contributed by atoms with E-state index in [2.05, 4.69) is 10.5 Å². The molecule has 0 aliphatic heterocycles. The van der Waals surface area contributed by atoms with E-state index in [1.807, 2.05) is 18.2 Å². The molecule has 0 aliphatic carbocycles. The van der Waals surface area contributed by atoms with Crippen LogP contribution in [-0.2, 0) is 0 Å². The zero-order valence-electron chi connectivity index (χ0n) is 9.60. The molecule has 0 amide bonds. The second kappa shape index (κ2) is 5.42. The van der Waals surface area contributed by atoms with Crippen LogP contribution in [-0.4, -0.2) is 6.21 Å². The Hall–Kier alpha value is -2.20. The van der Waals surface area contributed by atoms with Gasteiger partial charge in [0, 0.05) is 16.3 Å². The fourth-order valence-corrected chi connectivity index (χ4v) is 1.62. The lowest BCUT2D eigenvalue weighted by atomic mass is 10.2. The van der Waals surface area contributed by atoms with Crippen LogP contribution in [0.4, 0.5) is 17.1 Å². The maximum Gasteiger partial charge on any atom is 0.0792 e. The van der Waals surface area contributed by atoms with Gasteiger partial charge in [0.2, 0.25) is 0 Å². The van der Waals surface area contributed by atoms with Gasteiger partial charge in [-0.1, -0.05) is 29.8 Å². The van der Waals surface area contributed by atoms with Crippen LogP contribution in [0.1, 0.15) is 5.56 Å². The van der Waals surface area contributed by atoms with Crippen molar-refractivity contribution in [2.75, 3.05) is 16.9 Å². The summed E-state index contributed by atoms with van der Waals surface area (Å²) in [5.74, 6) is 0. The van der Waals surface area contributed by atoms with Crippen molar-refractivity contribution in [1.29, 1.82) is 0 Å². The number of anilines is 3. The van der Waals surface area contributed by atoms with E-state index >= 15 is 0 Å². The van der Waals surface area contributed by atoms with Gasteiger partial charge >= 0.3 is 0 Å². The number of benzene rings is 2. The zero-order valence-corrected chi connectivity index (χ0v) is 10.4. The Morgan fingerprint density at radius 2 is 1.89 bits per heavy atom. The molecule has 18 heavy (non-hydrogen) atoms. The summed E-state index contributed by atoms with van der Waals surface area (Å²) in [5, 5.41) is 4.73. The van der Waals surface area contributed by atoms with Gasteiger partial charge in [-0.15, -0.1) is 0 Å². The standard InChI is InChI=1S/C13H13ClN4/c14-11-4-2-1-3-9(11)8-17-18-13-6-5-10(15)7-12(13)16/h1-8,18H,15-16H2. The van der Waals surface area contributed by atoms with Gasteiger partial charge in [-0.3, -0.25) is 5.43 Å². The Bertz CT molecular complexity index is 581. The molecule has 0 radical (unpaired) electrons. The maximum atomic E-state index is 6.00. The SMILES string of the molecule is Nc1ccc(NN=Cc2ccccc2Cl)c(N)c1. The van der Waals surface area contributed by atoms with Crippen LogP contribution < -0.4 is 16.9 Å². The van der Waals surface area contributed by atoms with Gasteiger partial charge < -0.3 is 11.5 Å². The summed E-state index contributed by atoms with van der Waals surface area (Å²) in [6.07, 6.45) is 1.64. The van der Waals surface area contributed by atoms with Crippen LogP contribution in [0.5, 0.6) is 0 Å². The Kier molecular flexibility index (Phi) is 3.69. The predicted octanol–water partition coefficient (Wildman–Crippen LogP) is 2.95. The molecule has 0 saturated carbocycles. The molecule has 0 spiro atoms. The summed E-state index contributed by atoms with van der Waals surface area (Å²) >= 11 is 6.00. The van der Waals surface area contributed by atoms with E-state index < -0.39 is 0 Å². The van der Waals surface area contributed by atoms with Crippen molar-refractivity contribution in [3.8, 4) is 0 Å². The van der Waals surface area contributed by atoms with Crippen LogP contribution in [0.15, 0.2) is 47.6 Å². The maximum absolute atomic E-state index is 6.00. The molecule has 2 rings (SSSR count). The Balaban J connectivity index is 2.10. The number of hydrogen-bond donors (Lipinski definition) is 3. The third-order valence-electron chi connectivity index (χ3n) is 2.37. The molecule has 92 valence electrons. The molecule has 5 N–H and O–H groups in total. The molecule has 2 aromatic rings. The largest absolute Gasteiger partial charge is 0.399 e. The molecule has 0 aliphatic rings. The number of rotatable bonds is 3. The summed E-state index contributed by atoms with van der Waals surface area (Å²) in [5.41, 5.74) is 16.9. The van der Waals surface area contributed by atoms with Gasteiger partial charge in [-0.2, -0.15) is 5.10 Å². The third kappa shape index (κ3) is 2.93. The van der Waals surface area contributed by atoms with Crippen LogP contribution >= 0.6 is 11.6 Å². The monoisotopic (exact) mass is 260 g/mol. The smallest absolute Gasteiger partial charge is 0.0792 e. The van der Waals surface area contributed by atoms with Crippen molar-refractivity contribution in [3.63, 3.8) is 0 Å². The van der Waals surface area contributed by atoms with E-state index in [1.165, 1.54) is 0 Å². The summed E-state index contributed by atoms with van der Waals surface area (Å²) in [4.78, 5) is 0. The number of hydrazone groups is 1. The molecule has 0 aromatic heterocycles. The molecule has 0 unspecified atom stereocenters. The molecule has 0 saturated heterocycles. The lowest BCUT2D eigenvalue weighted by Gasteiger charge is -2.05. The second-order valence-electron chi connectivity index (χ2n) is 3.74. The molecular formula is C13H13ClN4. The van der Waals surface area contributed by atoms with Gasteiger partial charge in [0.05, 0.1) is 17.6 Å². The molecule has 0 fully saturated rings. The van der Waals surface area contributed by atoms with E-state index in [9.17, 15) is 0 Å². The van der Waals surface area contributed by atoms with Crippen molar-refractivity contribution in [2.45, 2.75) is 0 Å². The van der Waals surface area contributed by atoms with E-state index in [0.29, 0.717) is 22.1 Å². The predicted molar refractivity (Wildman–Crippen MR) is 77.9 cm³/mol. The minimum atomic E-state index is 0.548. The molecule has 0 atom stereocenters. The normalized spacial score (nSPS) is 10.7. The zero-order chi connectivity index (χ0) is 13.0. The first-order valence-corrected chi connectivity index (χ1v) is 5.73. The minimum absolute atomic E-state index is 0.548. The van der Waals surface area contributed by atoms with Gasteiger partial charge in [-0.05, 0) is 24.3 Å². The number of nitrogens with zero attached hydrogens (tertiary/aromatic N) is 1. The fourth-order valence-electron chi connectivity index (χ4n) is 1.43. The summed E-state index contributed by atoms with van der Waals surface area (Å²) in [6.45, 7) is 0.